The van der Waals surface area contributed by atoms with Crippen molar-refractivity contribution >= 4 is 0 Å². The Morgan fingerprint density at radius 3 is 2.69 bits per heavy atom. The van der Waals surface area contributed by atoms with Gasteiger partial charge in [-0.05, 0) is 32.4 Å². The molecule has 6 N–H and O–H groups in total. The van der Waals surface area contributed by atoms with Crippen molar-refractivity contribution < 1.29 is 19.8 Å². The number of hydrogen-bond acceptors (Lipinski definition) is 6. The first-order valence-corrected chi connectivity index (χ1v) is 12.2. The van der Waals surface area contributed by atoms with Gasteiger partial charge in [0.25, 0.3) is 0 Å². The Labute approximate surface area is 175 Å². The van der Waals surface area contributed by atoms with Gasteiger partial charge in [0.05, 0.1) is 39.0 Å². The SMILES string of the molecule is C1C[C@H](C2NC(C3CCC(N4CCOCC4)[NH2+]C3)NO2)[NH+](CC2CCNCC2)C1. The van der Waals surface area contributed by atoms with Crippen LogP contribution in [0.15, 0.2) is 0 Å². The zero-order valence-corrected chi connectivity index (χ0v) is 17.9. The van der Waals surface area contributed by atoms with Crippen molar-refractivity contribution in [3.05, 3.63) is 0 Å². The molecule has 0 amide bonds. The highest BCUT2D eigenvalue weighted by Gasteiger charge is 2.44. The van der Waals surface area contributed by atoms with E-state index in [4.69, 9.17) is 9.57 Å². The standard InChI is InChI=1S/C21H40N6O2/c1-2-18(27(9-1)15-16-5-7-22-8-6-16)21-24-20(25-29-21)17-3-4-19(23-14-17)26-10-12-28-13-11-26/h16-25H,1-15H2/p+2/t17?,18-,19?,20?,21?/m1/s1. The van der Waals surface area contributed by atoms with Crippen molar-refractivity contribution in [3.8, 4) is 0 Å². The zero-order valence-electron chi connectivity index (χ0n) is 17.9. The number of rotatable bonds is 5. The lowest BCUT2D eigenvalue weighted by Gasteiger charge is -2.37. The fraction of sp³-hybridized carbons (Fsp3) is 1.00. The summed E-state index contributed by atoms with van der Waals surface area (Å²) >= 11 is 0. The van der Waals surface area contributed by atoms with Crippen LogP contribution in [0.1, 0.15) is 38.5 Å². The molecule has 8 nitrogen and oxygen atoms in total. The van der Waals surface area contributed by atoms with Gasteiger partial charge in [-0.1, -0.05) is 0 Å². The van der Waals surface area contributed by atoms with Crippen molar-refractivity contribution in [2.45, 2.75) is 63.1 Å². The Morgan fingerprint density at radius 2 is 1.90 bits per heavy atom. The number of hydroxylamine groups is 1. The maximum absolute atomic E-state index is 6.13. The first kappa shape index (κ1) is 20.6. The summed E-state index contributed by atoms with van der Waals surface area (Å²) in [6.45, 7) is 10.2. The van der Waals surface area contributed by atoms with E-state index in [0.717, 1.165) is 32.2 Å². The maximum Gasteiger partial charge on any atom is 0.183 e. The van der Waals surface area contributed by atoms with Crippen LogP contribution in [0.5, 0.6) is 0 Å². The number of quaternary nitrogens is 2. The molecule has 0 aliphatic carbocycles. The number of morpholine rings is 1. The van der Waals surface area contributed by atoms with E-state index < -0.39 is 0 Å². The van der Waals surface area contributed by atoms with Gasteiger partial charge in [-0.2, -0.15) is 5.48 Å². The molecule has 5 unspecified atom stereocenters. The second-order valence-electron chi connectivity index (χ2n) is 9.88. The van der Waals surface area contributed by atoms with E-state index in [-0.39, 0.29) is 6.23 Å². The van der Waals surface area contributed by atoms with Crippen LogP contribution in [0, 0.1) is 11.8 Å². The van der Waals surface area contributed by atoms with Gasteiger partial charge >= 0.3 is 0 Å². The third kappa shape index (κ3) is 4.96. The van der Waals surface area contributed by atoms with Crippen LogP contribution >= 0.6 is 0 Å². The van der Waals surface area contributed by atoms with Gasteiger partial charge in [0, 0.05) is 44.2 Å². The maximum atomic E-state index is 6.13. The van der Waals surface area contributed by atoms with E-state index in [2.05, 4.69) is 26.3 Å². The number of hydrogen-bond donors (Lipinski definition) is 5. The monoisotopic (exact) mass is 410 g/mol. The molecule has 5 fully saturated rings. The molecule has 5 saturated heterocycles. The molecule has 0 spiro atoms. The lowest BCUT2D eigenvalue weighted by molar-refractivity contribution is -0.919. The topological polar surface area (TPSA) is 78.8 Å². The highest BCUT2D eigenvalue weighted by molar-refractivity contribution is 4.84. The summed E-state index contributed by atoms with van der Waals surface area (Å²) in [7, 11) is 0. The van der Waals surface area contributed by atoms with Crippen LogP contribution in [0.25, 0.3) is 0 Å². The summed E-state index contributed by atoms with van der Waals surface area (Å²) in [5, 5.41) is 9.90. The largest absolute Gasteiger partial charge is 0.379 e. The first-order valence-electron chi connectivity index (χ1n) is 12.2. The number of nitrogens with zero attached hydrogens (tertiary/aromatic N) is 1. The summed E-state index contributed by atoms with van der Waals surface area (Å²) in [6.07, 6.45) is 9.00. The number of ether oxygens (including phenoxy) is 1. The van der Waals surface area contributed by atoms with Gasteiger partial charge in [0.2, 0.25) is 0 Å². The van der Waals surface area contributed by atoms with Gasteiger partial charge in [0.15, 0.2) is 6.23 Å². The molecule has 0 radical (unpaired) electrons. The molecule has 166 valence electrons. The van der Waals surface area contributed by atoms with Crippen LogP contribution < -0.4 is 26.3 Å². The van der Waals surface area contributed by atoms with Crippen LogP contribution in [-0.2, 0) is 9.57 Å². The van der Waals surface area contributed by atoms with Crippen molar-refractivity contribution in [2.24, 2.45) is 11.8 Å². The van der Waals surface area contributed by atoms with E-state index in [0.29, 0.717) is 24.3 Å². The fourth-order valence-corrected chi connectivity index (χ4v) is 6.33. The minimum Gasteiger partial charge on any atom is -0.379 e. The number of nitrogens with two attached hydrogens (primary N) is 1. The highest BCUT2D eigenvalue weighted by Crippen LogP contribution is 2.20. The summed E-state index contributed by atoms with van der Waals surface area (Å²) in [6, 6.07) is 0.607. The first-order chi connectivity index (χ1) is 14.4. The second kappa shape index (κ2) is 9.87. The molecule has 0 aromatic carbocycles. The van der Waals surface area contributed by atoms with Gasteiger partial charge < -0.3 is 20.3 Å². The molecule has 6 atom stereocenters. The average Bonchev–Trinajstić information content (AvgIpc) is 3.45. The van der Waals surface area contributed by atoms with Gasteiger partial charge in [0.1, 0.15) is 12.2 Å². The van der Waals surface area contributed by atoms with Crippen molar-refractivity contribution in [1.82, 2.24) is 21.0 Å². The molecule has 5 heterocycles. The van der Waals surface area contributed by atoms with E-state index in [1.54, 1.807) is 4.90 Å². The minimum atomic E-state index is 0.177. The third-order valence-electron chi connectivity index (χ3n) is 8.11. The smallest absolute Gasteiger partial charge is 0.183 e. The van der Waals surface area contributed by atoms with Gasteiger partial charge in [-0.3, -0.25) is 10.2 Å². The van der Waals surface area contributed by atoms with Crippen molar-refractivity contribution in [3.63, 3.8) is 0 Å². The minimum absolute atomic E-state index is 0.177. The number of piperidine rings is 2. The van der Waals surface area contributed by atoms with E-state index in [1.165, 1.54) is 71.2 Å². The van der Waals surface area contributed by atoms with Crippen LogP contribution in [-0.4, -0.2) is 88.5 Å². The summed E-state index contributed by atoms with van der Waals surface area (Å²) in [4.78, 5) is 10.5. The zero-order chi connectivity index (χ0) is 19.5. The molecule has 0 saturated carbocycles. The van der Waals surface area contributed by atoms with Crippen LogP contribution in [0.4, 0.5) is 0 Å². The quantitative estimate of drug-likeness (QED) is 0.343. The fourth-order valence-electron chi connectivity index (χ4n) is 6.33. The third-order valence-corrected chi connectivity index (χ3v) is 8.11. The predicted octanol–water partition coefficient (Wildman–Crippen LogP) is -2.56. The summed E-state index contributed by atoms with van der Waals surface area (Å²) in [5.41, 5.74) is 3.38. The van der Waals surface area contributed by atoms with E-state index in [9.17, 15) is 0 Å². The predicted molar refractivity (Wildman–Crippen MR) is 110 cm³/mol. The second-order valence-corrected chi connectivity index (χ2v) is 9.88. The highest BCUT2D eigenvalue weighted by atomic mass is 16.7. The van der Waals surface area contributed by atoms with Crippen LogP contribution in [0.3, 0.4) is 0 Å². The molecule has 29 heavy (non-hydrogen) atoms. The van der Waals surface area contributed by atoms with E-state index >= 15 is 0 Å². The molecule has 0 aromatic heterocycles. The average molecular weight is 411 g/mol. The Morgan fingerprint density at radius 1 is 1.03 bits per heavy atom. The molecular weight excluding hydrogens is 368 g/mol. The van der Waals surface area contributed by atoms with Gasteiger partial charge in [-0.25, -0.2) is 4.90 Å². The number of nitrogens with one attached hydrogen (secondary N) is 4. The Balaban J connectivity index is 1.09. The number of likely N-dealkylation sites (tertiary alicyclic amines) is 1. The molecule has 0 aromatic rings. The van der Waals surface area contributed by atoms with Crippen molar-refractivity contribution in [2.75, 3.05) is 59.0 Å². The van der Waals surface area contributed by atoms with Gasteiger partial charge in [-0.15, -0.1) is 0 Å². The molecule has 5 aliphatic heterocycles. The van der Waals surface area contributed by atoms with Crippen LogP contribution in [0.2, 0.25) is 0 Å². The Kier molecular flexibility index (Phi) is 7.00. The lowest BCUT2D eigenvalue weighted by Crippen LogP contribution is -3.16. The molecule has 0 bridgehead atoms. The molecular formula is C21H42N6O2+2. The summed E-state index contributed by atoms with van der Waals surface area (Å²) < 4.78 is 5.51. The Hall–Kier alpha value is -0.320. The molecule has 8 heteroatoms. The lowest BCUT2D eigenvalue weighted by atomic mass is 9.94. The molecule has 5 aliphatic rings. The Bertz CT molecular complexity index is 505. The summed E-state index contributed by atoms with van der Waals surface area (Å²) in [5.74, 6) is 1.54. The molecule has 5 rings (SSSR count). The van der Waals surface area contributed by atoms with E-state index in [1.807, 2.05) is 0 Å². The normalized spacial score (nSPS) is 43.0. The van der Waals surface area contributed by atoms with Crippen molar-refractivity contribution in [1.29, 1.82) is 0 Å².